The molecular formula is C28H35N3O3. The number of amides is 3. The molecule has 3 atom stereocenters. The van der Waals surface area contributed by atoms with Crippen LogP contribution in [0.2, 0.25) is 0 Å². The van der Waals surface area contributed by atoms with E-state index < -0.39 is 6.04 Å². The molecule has 2 fully saturated rings. The topological polar surface area (TPSA) is 78.5 Å². The van der Waals surface area contributed by atoms with Crippen LogP contribution in [0.3, 0.4) is 0 Å². The van der Waals surface area contributed by atoms with Crippen LogP contribution >= 0.6 is 0 Å². The van der Waals surface area contributed by atoms with Crippen molar-refractivity contribution in [2.45, 2.75) is 76.9 Å². The number of anilines is 1. The number of carbonyl (C=O) groups excluding carboxylic acids is 3. The zero-order valence-electron chi connectivity index (χ0n) is 20.3. The molecule has 6 heteroatoms. The fourth-order valence-electron chi connectivity index (χ4n) is 5.11. The summed E-state index contributed by atoms with van der Waals surface area (Å²) in [6.07, 6.45) is 5.78. The van der Waals surface area contributed by atoms with E-state index in [1.54, 1.807) is 24.3 Å². The molecule has 1 aliphatic carbocycles. The van der Waals surface area contributed by atoms with Crippen LogP contribution in [0.1, 0.15) is 80.0 Å². The van der Waals surface area contributed by atoms with Crippen molar-refractivity contribution in [3.8, 4) is 0 Å². The minimum atomic E-state index is -0.492. The highest BCUT2D eigenvalue weighted by Gasteiger charge is 2.47. The molecule has 3 unspecified atom stereocenters. The van der Waals surface area contributed by atoms with Crippen LogP contribution < -0.4 is 10.6 Å². The highest BCUT2D eigenvalue weighted by molar-refractivity contribution is 6.02. The first-order chi connectivity index (χ1) is 16.3. The fraction of sp³-hybridized carbons (Fsp3) is 0.464. The minimum absolute atomic E-state index is 0.0688. The first-order valence-corrected chi connectivity index (χ1v) is 12.4. The molecule has 0 aromatic heterocycles. The summed E-state index contributed by atoms with van der Waals surface area (Å²) in [4.78, 5) is 41.1. The van der Waals surface area contributed by atoms with Crippen molar-refractivity contribution >= 4 is 23.4 Å². The third-order valence-electron chi connectivity index (χ3n) is 7.40. The molecule has 2 aromatic carbocycles. The van der Waals surface area contributed by atoms with E-state index in [1.807, 2.05) is 56.0 Å². The lowest BCUT2D eigenvalue weighted by Crippen LogP contribution is -2.47. The molecular weight excluding hydrogens is 426 g/mol. The lowest BCUT2D eigenvalue weighted by molar-refractivity contribution is -0.120. The molecule has 0 spiro atoms. The number of benzene rings is 2. The van der Waals surface area contributed by atoms with Crippen molar-refractivity contribution in [3.05, 3.63) is 65.7 Å². The van der Waals surface area contributed by atoms with Crippen molar-refractivity contribution in [2.24, 2.45) is 5.92 Å². The van der Waals surface area contributed by atoms with Gasteiger partial charge in [-0.05, 0) is 81.8 Å². The predicted molar refractivity (Wildman–Crippen MR) is 134 cm³/mol. The molecule has 4 rings (SSSR count). The van der Waals surface area contributed by atoms with Crippen molar-refractivity contribution in [2.75, 3.05) is 5.32 Å². The summed E-state index contributed by atoms with van der Waals surface area (Å²) in [6, 6.07) is 15.8. The van der Waals surface area contributed by atoms with Gasteiger partial charge in [-0.1, -0.05) is 38.0 Å². The van der Waals surface area contributed by atoms with Crippen molar-refractivity contribution in [3.63, 3.8) is 0 Å². The Morgan fingerprint density at radius 1 is 0.941 bits per heavy atom. The first-order valence-electron chi connectivity index (χ1n) is 12.4. The zero-order valence-corrected chi connectivity index (χ0v) is 20.3. The molecule has 2 aromatic rings. The van der Waals surface area contributed by atoms with E-state index in [1.165, 1.54) is 0 Å². The lowest BCUT2D eigenvalue weighted by Gasteiger charge is -2.33. The van der Waals surface area contributed by atoms with E-state index in [0.29, 0.717) is 29.2 Å². The molecule has 1 aliphatic heterocycles. The summed E-state index contributed by atoms with van der Waals surface area (Å²) in [5.74, 6) is -0.00177. The molecule has 6 nitrogen and oxygen atoms in total. The van der Waals surface area contributed by atoms with E-state index in [-0.39, 0.29) is 29.3 Å². The van der Waals surface area contributed by atoms with Gasteiger partial charge < -0.3 is 15.5 Å². The van der Waals surface area contributed by atoms with Gasteiger partial charge >= 0.3 is 0 Å². The summed E-state index contributed by atoms with van der Waals surface area (Å²) in [7, 11) is 0. The highest BCUT2D eigenvalue weighted by atomic mass is 16.2. The van der Waals surface area contributed by atoms with Crippen LogP contribution in [-0.2, 0) is 4.79 Å². The quantitative estimate of drug-likeness (QED) is 0.634. The molecule has 1 saturated heterocycles. The summed E-state index contributed by atoms with van der Waals surface area (Å²) in [6.45, 7) is 6.01. The Bertz CT molecular complexity index is 1030. The number of rotatable bonds is 6. The Kier molecular flexibility index (Phi) is 7.05. The van der Waals surface area contributed by atoms with Gasteiger partial charge in [-0.15, -0.1) is 0 Å². The molecule has 2 aliphatic rings. The lowest BCUT2D eigenvalue weighted by atomic mass is 9.84. The van der Waals surface area contributed by atoms with E-state index in [2.05, 4.69) is 10.6 Å². The molecule has 2 N–H and O–H groups in total. The van der Waals surface area contributed by atoms with Crippen LogP contribution in [0.15, 0.2) is 54.6 Å². The van der Waals surface area contributed by atoms with Crippen LogP contribution in [-0.4, -0.2) is 40.2 Å². The normalized spacial score (nSPS) is 22.1. The number of hydrogen-bond donors (Lipinski definition) is 2. The monoisotopic (exact) mass is 461 g/mol. The first kappa shape index (κ1) is 24.0. The smallest absolute Gasteiger partial charge is 0.254 e. The van der Waals surface area contributed by atoms with Gasteiger partial charge in [-0.2, -0.15) is 0 Å². The molecule has 1 heterocycles. The molecule has 34 heavy (non-hydrogen) atoms. The Hall–Kier alpha value is -3.15. The predicted octanol–water partition coefficient (Wildman–Crippen LogP) is 5.02. The molecule has 1 saturated carbocycles. The summed E-state index contributed by atoms with van der Waals surface area (Å²) in [5, 5.41) is 6.01. The average Bonchev–Trinajstić information content (AvgIpc) is 3.24. The Morgan fingerprint density at radius 3 is 2.29 bits per heavy atom. The third kappa shape index (κ3) is 5.16. The largest absolute Gasteiger partial charge is 0.347 e. The maximum absolute atomic E-state index is 13.4. The highest BCUT2D eigenvalue weighted by Crippen LogP contribution is 2.40. The second-order valence-electron chi connectivity index (χ2n) is 10.2. The van der Waals surface area contributed by atoms with Gasteiger partial charge in [0, 0.05) is 28.4 Å². The molecule has 3 amide bonds. The van der Waals surface area contributed by atoms with Crippen molar-refractivity contribution in [1.82, 2.24) is 10.2 Å². The van der Waals surface area contributed by atoms with E-state index in [9.17, 15) is 14.4 Å². The van der Waals surface area contributed by atoms with Gasteiger partial charge in [0.1, 0.15) is 6.04 Å². The summed E-state index contributed by atoms with van der Waals surface area (Å²) < 4.78 is 0. The van der Waals surface area contributed by atoms with Crippen LogP contribution in [0.5, 0.6) is 0 Å². The minimum Gasteiger partial charge on any atom is -0.347 e. The molecule has 0 radical (unpaired) electrons. The molecule has 180 valence electrons. The SMILES string of the molecule is CCC(C)(C)NC(=O)c1ccc(NC(=O)C2CC3CCCCC3N2C(=O)c2ccccc2)cc1. The Morgan fingerprint density at radius 2 is 1.62 bits per heavy atom. The number of hydrogen-bond acceptors (Lipinski definition) is 3. The maximum Gasteiger partial charge on any atom is 0.254 e. The zero-order chi connectivity index (χ0) is 24.3. The average molecular weight is 462 g/mol. The standard InChI is InChI=1S/C28H35N3O3/c1-4-28(2,3)30-25(32)19-14-16-22(17-15-19)29-26(33)24-18-21-12-8-9-13-23(21)31(24)27(34)20-10-6-5-7-11-20/h5-7,10-11,14-17,21,23-24H,4,8-9,12-13,18H2,1-3H3,(H,29,33)(H,30,32). The van der Waals surface area contributed by atoms with Crippen LogP contribution in [0.4, 0.5) is 5.69 Å². The summed E-state index contributed by atoms with van der Waals surface area (Å²) in [5.41, 5.74) is 1.51. The number of nitrogens with one attached hydrogen (secondary N) is 2. The Balaban J connectivity index is 1.48. The maximum atomic E-state index is 13.4. The van der Waals surface area contributed by atoms with Gasteiger partial charge in [-0.25, -0.2) is 0 Å². The van der Waals surface area contributed by atoms with Gasteiger partial charge in [0.15, 0.2) is 0 Å². The number of carbonyl (C=O) groups is 3. The van der Waals surface area contributed by atoms with Gasteiger partial charge in [0.25, 0.3) is 11.8 Å². The van der Waals surface area contributed by atoms with Crippen molar-refractivity contribution in [1.29, 1.82) is 0 Å². The van der Waals surface area contributed by atoms with Crippen LogP contribution in [0, 0.1) is 5.92 Å². The van der Waals surface area contributed by atoms with E-state index in [0.717, 1.165) is 32.1 Å². The van der Waals surface area contributed by atoms with Gasteiger partial charge in [0.2, 0.25) is 5.91 Å². The second-order valence-corrected chi connectivity index (χ2v) is 10.2. The fourth-order valence-corrected chi connectivity index (χ4v) is 5.11. The Labute approximate surface area is 202 Å². The summed E-state index contributed by atoms with van der Waals surface area (Å²) >= 11 is 0. The van der Waals surface area contributed by atoms with Gasteiger partial charge in [-0.3, -0.25) is 14.4 Å². The number of nitrogens with zero attached hydrogens (tertiary/aromatic N) is 1. The second kappa shape index (κ2) is 10.00. The van der Waals surface area contributed by atoms with Gasteiger partial charge in [0.05, 0.1) is 0 Å². The van der Waals surface area contributed by atoms with Crippen molar-refractivity contribution < 1.29 is 14.4 Å². The third-order valence-corrected chi connectivity index (χ3v) is 7.40. The van der Waals surface area contributed by atoms with E-state index in [4.69, 9.17) is 0 Å². The van der Waals surface area contributed by atoms with Crippen LogP contribution in [0.25, 0.3) is 0 Å². The number of fused-ring (bicyclic) bond motifs is 1. The van der Waals surface area contributed by atoms with E-state index >= 15 is 0 Å². The molecule has 0 bridgehead atoms. The number of likely N-dealkylation sites (tertiary alicyclic amines) is 1.